The number of rotatable bonds is 4. The van der Waals surface area contributed by atoms with Gasteiger partial charge in [0.15, 0.2) is 18.8 Å². The Labute approximate surface area is 251 Å². The topological polar surface area (TPSA) is 69.8 Å². The van der Waals surface area contributed by atoms with Crippen molar-refractivity contribution in [2.75, 3.05) is 38.2 Å². The molecule has 0 unspecified atom stereocenters. The molecule has 0 aromatic heterocycles. The number of nitrogens with zero attached hydrogens (tertiary/aromatic N) is 2. The van der Waals surface area contributed by atoms with Crippen LogP contribution in [0.3, 0.4) is 0 Å². The molecule has 0 amide bonds. The number of anilines is 1. The van der Waals surface area contributed by atoms with Gasteiger partial charge in [0, 0.05) is 17.8 Å². The number of hydrogen-bond acceptors (Lipinski definition) is 4. The summed E-state index contributed by atoms with van der Waals surface area (Å²) < 4.78 is 35.4. The number of fused-ring (bicyclic) bond motifs is 2. The highest BCUT2D eigenvalue weighted by Gasteiger charge is 2.58. The van der Waals surface area contributed by atoms with E-state index in [1.165, 1.54) is 7.11 Å². The lowest BCUT2D eigenvalue weighted by Gasteiger charge is -2.41. The van der Waals surface area contributed by atoms with Crippen molar-refractivity contribution in [2.24, 2.45) is 0 Å². The first-order valence-electron chi connectivity index (χ1n) is 14.6. The average molecular weight is 604 g/mol. The number of carbonyl (C=O) groups is 2. The van der Waals surface area contributed by atoms with E-state index in [1.807, 2.05) is 39.8 Å². The molecule has 2 fully saturated rings. The molecule has 0 saturated carbocycles. The highest BCUT2D eigenvalue weighted by atomic mass is 28.3. The lowest BCUT2D eigenvalue weighted by Crippen LogP contribution is -2.61. The van der Waals surface area contributed by atoms with Crippen LogP contribution >= 0.6 is 0 Å². The van der Waals surface area contributed by atoms with E-state index in [0.717, 1.165) is 44.1 Å². The van der Waals surface area contributed by atoms with Gasteiger partial charge >= 0.3 is 17.6 Å². The van der Waals surface area contributed by atoms with Crippen molar-refractivity contribution in [2.45, 2.75) is 51.1 Å². The Morgan fingerprint density at radius 1 is 1.07 bits per heavy atom. The number of methoxy groups -OCH3 is 1. The number of benzene rings is 2. The van der Waals surface area contributed by atoms with Crippen LogP contribution in [0.1, 0.15) is 47.8 Å². The lowest BCUT2D eigenvalue weighted by molar-refractivity contribution is -0.614. The number of aromatic carboxylic acids is 1. The average Bonchev–Trinajstić information content (AvgIpc) is 2.92. The number of carbonyl (C=O) groups excluding carboxylic acids is 1. The van der Waals surface area contributed by atoms with E-state index in [1.54, 1.807) is 6.07 Å². The zero-order valence-electron chi connectivity index (χ0n) is 25.4. The maximum Gasteiger partial charge on any atom is 0.357 e. The van der Waals surface area contributed by atoms with Gasteiger partial charge in [0.25, 0.3) is 0 Å². The van der Waals surface area contributed by atoms with E-state index in [-0.39, 0.29) is 24.1 Å². The Hall–Kier alpha value is -3.85. The summed E-state index contributed by atoms with van der Waals surface area (Å²) >= 11 is 0. The first kappa shape index (κ1) is 29.2. The number of allylic oxidation sites excluding steroid dienone is 5. The maximum atomic E-state index is 15.0. The van der Waals surface area contributed by atoms with Crippen LogP contribution in [-0.2, 0) is 14.9 Å². The van der Waals surface area contributed by atoms with Gasteiger partial charge in [-0.15, -0.1) is 0 Å². The fourth-order valence-corrected chi connectivity index (χ4v) is 9.67. The van der Waals surface area contributed by atoms with E-state index < -0.39 is 31.9 Å². The number of esters is 1. The molecule has 4 aliphatic rings. The molecule has 2 saturated heterocycles. The Morgan fingerprint density at radius 2 is 1.77 bits per heavy atom. The predicted molar refractivity (Wildman–Crippen MR) is 167 cm³/mol. The lowest BCUT2D eigenvalue weighted by atomic mass is 9.81. The molecule has 1 aliphatic carbocycles. The normalized spacial score (nSPS) is 22.8. The zero-order valence-corrected chi connectivity index (χ0v) is 26.4. The molecule has 224 valence electrons. The molecule has 2 aromatic rings. The maximum absolute atomic E-state index is 15.0. The SMILES string of the molecule is COC(=O)C1(F)C[N+](=C2C=CC3=C(c4cc(C(C)(C)C)ccc4C(=O)O)c4ccc(N5CC(F)C5)cc4[Si](C)(C)C3=C2)C1. The Morgan fingerprint density at radius 3 is 2.37 bits per heavy atom. The van der Waals surface area contributed by atoms with Gasteiger partial charge in [-0.3, -0.25) is 0 Å². The van der Waals surface area contributed by atoms with Crippen LogP contribution in [0.15, 0.2) is 65.4 Å². The van der Waals surface area contributed by atoms with E-state index >= 15 is 4.39 Å². The standard InChI is InChI=1S/C34H36F2N2O4Si/c1-33(2,3)20-7-10-24(31(39)40)27(13-20)30-25-11-8-22(37-16-21(35)17-37)14-28(25)43(5,6)29-15-23(9-12-26(29)30)38-18-34(36,19-38)32(41)42-4/h7-15,21H,16-19H2,1-6H3/p+1. The molecule has 1 N–H and O–H groups in total. The van der Waals surface area contributed by atoms with E-state index in [4.69, 9.17) is 0 Å². The van der Waals surface area contributed by atoms with Crippen LogP contribution in [0.25, 0.3) is 5.57 Å². The fraction of sp³-hybridized carbons (Fsp3) is 0.382. The Bertz CT molecular complexity index is 1700. The first-order valence-corrected chi connectivity index (χ1v) is 17.6. The number of carboxylic acids is 1. The molecule has 0 bridgehead atoms. The zero-order chi connectivity index (χ0) is 31.1. The summed E-state index contributed by atoms with van der Waals surface area (Å²) in [7, 11) is -1.22. The van der Waals surface area contributed by atoms with E-state index in [0.29, 0.717) is 18.7 Å². The molecular formula is C34H37F2N2O4Si+. The van der Waals surface area contributed by atoms with Crippen molar-refractivity contribution < 1.29 is 32.8 Å². The number of alkyl halides is 2. The molecule has 2 aromatic carbocycles. The second-order valence-electron chi connectivity index (χ2n) is 13.6. The number of carboxylic acid groups (broad SMARTS) is 1. The minimum absolute atomic E-state index is 0.0894. The van der Waals surface area contributed by atoms with Crippen molar-refractivity contribution in [1.82, 2.24) is 0 Å². The summed E-state index contributed by atoms with van der Waals surface area (Å²) in [6.07, 6.45) is 5.19. The van der Waals surface area contributed by atoms with Gasteiger partial charge < -0.3 is 14.7 Å². The van der Waals surface area contributed by atoms with Crippen molar-refractivity contribution in [3.05, 3.63) is 87.6 Å². The smallest absolute Gasteiger partial charge is 0.357 e. The van der Waals surface area contributed by atoms with Crippen molar-refractivity contribution in [1.29, 1.82) is 0 Å². The minimum Gasteiger partial charge on any atom is -0.478 e. The molecule has 0 atom stereocenters. The number of hydrogen-bond donors (Lipinski definition) is 1. The molecule has 43 heavy (non-hydrogen) atoms. The fourth-order valence-electron chi connectivity index (χ4n) is 6.60. The summed E-state index contributed by atoms with van der Waals surface area (Å²) in [5, 5.41) is 12.6. The van der Waals surface area contributed by atoms with Gasteiger partial charge in [0.2, 0.25) is 0 Å². The summed E-state index contributed by atoms with van der Waals surface area (Å²) in [6, 6.07) is 11.8. The Kier molecular flexibility index (Phi) is 6.69. The number of halogens is 2. The molecule has 0 radical (unpaired) electrons. The van der Waals surface area contributed by atoms with Gasteiger partial charge in [-0.1, -0.05) is 46.0 Å². The second kappa shape index (κ2) is 9.84. The van der Waals surface area contributed by atoms with Crippen LogP contribution in [0.5, 0.6) is 0 Å². The van der Waals surface area contributed by atoms with Crippen LogP contribution in [0.4, 0.5) is 14.5 Å². The molecule has 0 spiro atoms. The summed E-state index contributed by atoms with van der Waals surface area (Å²) in [6.45, 7) is 11.4. The van der Waals surface area contributed by atoms with Crippen molar-refractivity contribution in [3.63, 3.8) is 0 Å². The highest BCUT2D eigenvalue weighted by molar-refractivity contribution is 6.98. The summed E-state index contributed by atoms with van der Waals surface area (Å²) in [4.78, 5) is 26.6. The third-order valence-electron chi connectivity index (χ3n) is 9.28. The van der Waals surface area contributed by atoms with Crippen LogP contribution in [0, 0.1) is 0 Å². The van der Waals surface area contributed by atoms with Crippen molar-refractivity contribution in [3.8, 4) is 0 Å². The van der Waals surface area contributed by atoms with Gasteiger partial charge in [0.1, 0.15) is 14.2 Å². The molecule has 6 nitrogen and oxygen atoms in total. The summed E-state index contributed by atoms with van der Waals surface area (Å²) in [5.74, 6) is -1.87. The monoisotopic (exact) mass is 603 g/mol. The van der Waals surface area contributed by atoms with E-state index in [2.05, 4.69) is 56.8 Å². The Balaban J connectivity index is 1.59. The third-order valence-corrected chi connectivity index (χ3v) is 12.8. The molecular weight excluding hydrogens is 566 g/mol. The minimum atomic E-state index is -2.42. The molecule has 9 heteroatoms. The van der Waals surface area contributed by atoms with E-state index in [9.17, 15) is 19.1 Å². The van der Waals surface area contributed by atoms with Gasteiger partial charge in [-0.2, -0.15) is 0 Å². The van der Waals surface area contributed by atoms with Crippen molar-refractivity contribution >= 4 is 42.2 Å². The largest absolute Gasteiger partial charge is 0.478 e. The third kappa shape index (κ3) is 4.68. The first-order chi connectivity index (χ1) is 20.1. The summed E-state index contributed by atoms with van der Waals surface area (Å²) in [5.41, 5.74) is 4.22. The predicted octanol–water partition coefficient (Wildman–Crippen LogP) is 4.96. The van der Waals surface area contributed by atoms with Crippen LogP contribution in [0.2, 0.25) is 13.1 Å². The van der Waals surface area contributed by atoms with Crippen LogP contribution < -0.4 is 10.1 Å². The van der Waals surface area contributed by atoms with Gasteiger partial charge in [-0.05, 0) is 74.0 Å². The molecule has 3 aliphatic heterocycles. The second-order valence-corrected chi connectivity index (χ2v) is 17.9. The molecule has 3 heterocycles. The van der Waals surface area contributed by atoms with Crippen LogP contribution in [-0.4, -0.2) is 80.5 Å². The highest BCUT2D eigenvalue weighted by Crippen LogP contribution is 2.44. The molecule has 6 rings (SSSR count). The number of ether oxygens (including phenoxy) is 1. The van der Waals surface area contributed by atoms with Gasteiger partial charge in [-0.25, -0.2) is 22.9 Å². The van der Waals surface area contributed by atoms with Gasteiger partial charge in [0.05, 0.1) is 25.8 Å². The quantitative estimate of drug-likeness (QED) is 0.304.